The molecule has 3 aromatic carbocycles. The number of aryl methyl sites for hydroxylation is 2. The van der Waals surface area contributed by atoms with Crippen LogP contribution < -0.4 is 11.1 Å². The molecule has 0 unspecified atom stereocenters. The lowest BCUT2D eigenvalue weighted by Crippen LogP contribution is -2.15. The first kappa shape index (κ1) is 20.6. The number of nitrogens with one attached hydrogen (secondary N) is 1. The summed E-state index contributed by atoms with van der Waals surface area (Å²) in [7, 11) is 0. The lowest BCUT2D eigenvalue weighted by molar-refractivity contribution is 0.102. The number of aromatic nitrogens is 1. The summed E-state index contributed by atoms with van der Waals surface area (Å²) in [6, 6.07) is 23.1. The molecule has 0 fully saturated rings. The topological polar surface area (TPSA) is 68.0 Å². The molecule has 0 radical (unpaired) electrons. The number of halogens is 1. The van der Waals surface area contributed by atoms with Crippen LogP contribution in [-0.2, 0) is 0 Å². The highest BCUT2D eigenvalue weighted by molar-refractivity contribution is 6.33. The highest BCUT2D eigenvalue weighted by Gasteiger charge is 2.19. The smallest absolute Gasteiger partial charge is 0.256 e. The van der Waals surface area contributed by atoms with Crippen LogP contribution in [0.5, 0.6) is 0 Å². The van der Waals surface area contributed by atoms with E-state index >= 15 is 0 Å². The predicted octanol–water partition coefficient (Wildman–Crippen LogP) is 6.52. The second-order valence-corrected chi connectivity index (χ2v) is 7.84. The van der Waals surface area contributed by atoms with Gasteiger partial charge < -0.3 is 11.1 Å². The van der Waals surface area contributed by atoms with Gasteiger partial charge in [0.15, 0.2) is 0 Å². The molecule has 154 valence electrons. The number of benzene rings is 3. The highest BCUT2D eigenvalue weighted by Crippen LogP contribution is 2.33. The molecule has 0 atom stereocenters. The van der Waals surface area contributed by atoms with E-state index in [1.165, 1.54) is 0 Å². The van der Waals surface area contributed by atoms with E-state index in [0.717, 1.165) is 33.4 Å². The zero-order chi connectivity index (χ0) is 22.0. The molecule has 0 saturated heterocycles. The van der Waals surface area contributed by atoms with E-state index in [1.54, 1.807) is 18.3 Å². The van der Waals surface area contributed by atoms with E-state index in [-0.39, 0.29) is 5.91 Å². The number of carbonyl (C=O) groups excluding carboxylic acids is 1. The van der Waals surface area contributed by atoms with Crippen molar-refractivity contribution in [3.63, 3.8) is 0 Å². The summed E-state index contributed by atoms with van der Waals surface area (Å²) >= 11 is 6.52. The van der Waals surface area contributed by atoms with Crippen LogP contribution in [0.2, 0.25) is 5.02 Å². The Kier molecular flexibility index (Phi) is 5.74. The minimum Gasteiger partial charge on any atom is -0.384 e. The summed E-state index contributed by atoms with van der Waals surface area (Å²) in [6.07, 6.45) is 1.65. The quantitative estimate of drug-likeness (QED) is 0.389. The van der Waals surface area contributed by atoms with Gasteiger partial charge in [0.2, 0.25) is 0 Å². The minimum absolute atomic E-state index is 0.199. The Hall–Kier alpha value is -3.63. The fourth-order valence-corrected chi connectivity index (χ4v) is 4.01. The maximum absolute atomic E-state index is 13.3. The number of nitrogens with zero attached hydrogens (tertiary/aromatic N) is 1. The molecule has 1 heterocycles. The van der Waals surface area contributed by atoms with E-state index in [2.05, 4.69) is 10.3 Å². The summed E-state index contributed by atoms with van der Waals surface area (Å²) in [6.45, 7) is 3.90. The Balaban J connectivity index is 1.70. The normalized spacial score (nSPS) is 10.7. The van der Waals surface area contributed by atoms with E-state index in [1.807, 2.05) is 74.5 Å². The molecular weight excluding hydrogens is 406 g/mol. The largest absolute Gasteiger partial charge is 0.384 e. The van der Waals surface area contributed by atoms with Gasteiger partial charge in [-0.3, -0.25) is 4.79 Å². The second-order valence-electron chi connectivity index (χ2n) is 7.43. The van der Waals surface area contributed by atoms with Crippen LogP contribution in [-0.4, -0.2) is 10.9 Å². The van der Waals surface area contributed by atoms with Crippen molar-refractivity contribution in [1.29, 1.82) is 0 Å². The zero-order valence-electron chi connectivity index (χ0n) is 17.3. The molecule has 0 aliphatic carbocycles. The Morgan fingerprint density at radius 3 is 2.35 bits per heavy atom. The lowest BCUT2D eigenvalue weighted by atomic mass is 9.91. The third kappa shape index (κ3) is 4.30. The molecule has 3 N–H and O–H groups in total. The summed E-state index contributed by atoms with van der Waals surface area (Å²) in [4.78, 5) is 17.4. The summed E-state index contributed by atoms with van der Waals surface area (Å²) in [5.74, 6) is 0.211. The van der Waals surface area contributed by atoms with Crippen LogP contribution in [0.1, 0.15) is 21.5 Å². The zero-order valence-corrected chi connectivity index (χ0v) is 18.1. The first-order chi connectivity index (χ1) is 14.9. The molecule has 31 heavy (non-hydrogen) atoms. The third-order valence-electron chi connectivity index (χ3n) is 5.23. The van der Waals surface area contributed by atoms with E-state index in [9.17, 15) is 4.79 Å². The molecule has 0 saturated carbocycles. The van der Waals surface area contributed by atoms with Gasteiger partial charge in [-0.25, -0.2) is 4.98 Å². The molecule has 4 aromatic rings. The van der Waals surface area contributed by atoms with Crippen molar-refractivity contribution < 1.29 is 4.79 Å². The van der Waals surface area contributed by atoms with Crippen molar-refractivity contribution in [3.05, 3.63) is 101 Å². The number of hydrogen-bond donors (Lipinski definition) is 2. The molecule has 4 rings (SSSR count). The summed E-state index contributed by atoms with van der Waals surface area (Å²) in [5, 5.41) is 3.58. The number of anilines is 2. The van der Waals surface area contributed by atoms with E-state index < -0.39 is 0 Å². The SMILES string of the molecule is Cc1ccc(C)c(-c2ccnc(N)c2)c1C(=O)Nc1ccc(-c2ccccc2)c(Cl)c1. The van der Waals surface area contributed by atoms with Crippen molar-refractivity contribution in [2.24, 2.45) is 0 Å². The first-order valence-electron chi connectivity index (χ1n) is 9.92. The average molecular weight is 428 g/mol. The maximum atomic E-state index is 13.3. The van der Waals surface area contributed by atoms with Crippen LogP contribution in [0, 0.1) is 13.8 Å². The van der Waals surface area contributed by atoms with Crippen LogP contribution in [0.3, 0.4) is 0 Å². The predicted molar refractivity (Wildman–Crippen MR) is 128 cm³/mol. The van der Waals surface area contributed by atoms with Gasteiger partial charge in [0, 0.05) is 17.4 Å². The van der Waals surface area contributed by atoms with Crippen molar-refractivity contribution in [1.82, 2.24) is 4.98 Å². The summed E-state index contributed by atoms with van der Waals surface area (Å²) < 4.78 is 0. The molecule has 1 amide bonds. The third-order valence-corrected chi connectivity index (χ3v) is 5.54. The Labute approximate surface area is 186 Å². The average Bonchev–Trinajstić information content (AvgIpc) is 2.75. The fourth-order valence-electron chi connectivity index (χ4n) is 3.72. The van der Waals surface area contributed by atoms with Crippen LogP contribution in [0.4, 0.5) is 11.5 Å². The minimum atomic E-state index is -0.199. The van der Waals surface area contributed by atoms with Gasteiger partial charge in [-0.05, 0) is 65.9 Å². The van der Waals surface area contributed by atoms with Crippen LogP contribution >= 0.6 is 11.6 Å². The lowest BCUT2D eigenvalue weighted by Gasteiger charge is -2.16. The van der Waals surface area contributed by atoms with E-state index in [0.29, 0.717) is 22.1 Å². The monoisotopic (exact) mass is 427 g/mol. The Morgan fingerprint density at radius 1 is 0.903 bits per heavy atom. The number of hydrogen-bond acceptors (Lipinski definition) is 3. The molecule has 0 bridgehead atoms. The summed E-state index contributed by atoms with van der Waals surface area (Å²) in [5.41, 5.74) is 12.6. The number of amides is 1. The van der Waals surface area contributed by atoms with Gasteiger partial charge in [-0.1, -0.05) is 60.1 Å². The molecule has 1 aromatic heterocycles. The van der Waals surface area contributed by atoms with Gasteiger partial charge in [-0.15, -0.1) is 0 Å². The number of nitrogen functional groups attached to an aromatic ring is 1. The number of rotatable bonds is 4. The molecule has 5 heteroatoms. The number of nitrogens with two attached hydrogens (primary N) is 1. The van der Waals surface area contributed by atoms with Crippen LogP contribution in [0.15, 0.2) is 79.0 Å². The Morgan fingerprint density at radius 2 is 1.65 bits per heavy atom. The number of carbonyl (C=O) groups is 1. The van der Waals surface area contributed by atoms with Gasteiger partial charge in [0.25, 0.3) is 5.91 Å². The van der Waals surface area contributed by atoms with Crippen molar-refractivity contribution in [2.75, 3.05) is 11.1 Å². The second kappa shape index (κ2) is 8.62. The van der Waals surface area contributed by atoms with Crippen molar-refractivity contribution >= 4 is 29.0 Å². The molecule has 0 aliphatic heterocycles. The fraction of sp³-hybridized carbons (Fsp3) is 0.0769. The Bertz CT molecular complexity index is 1270. The van der Waals surface area contributed by atoms with Gasteiger partial charge in [0.05, 0.1) is 10.6 Å². The standard InChI is InChI=1S/C26H22ClN3O/c1-16-8-9-17(2)25(24(16)19-12-13-29-23(28)14-19)26(31)30-20-10-11-21(22(27)15-20)18-6-4-3-5-7-18/h3-15H,1-2H3,(H2,28,29)(H,30,31). The highest BCUT2D eigenvalue weighted by atomic mass is 35.5. The molecular formula is C26H22ClN3O. The van der Waals surface area contributed by atoms with Gasteiger partial charge >= 0.3 is 0 Å². The molecule has 0 aliphatic rings. The van der Waals surface area contributed by atoms with Gasteiger partial charge in [-0.2, -0.15) is 0 Å². The molecule has 0 spiro atoms. The van der Waals surface area contributed by atoms with E-state index in [4.69, 9.17) is 17.3 Å². The van der Waals surface area contributed by atoms with Crippen molar-refractivity contribution in [3.8, 4) is 22.3 Å². The maximum Gasteiger partial charge on any atom is 0.256 e. The molecule has 4 nitrogen and oxygen atoms in total. The van der Waals surface area contributed by atoms with Crippen LogP contribution in [0.25, 0.3) is 22.3 Å². The number of pyridine rings is 1. The first-order valence-corrected chi connectivity index (χ1v) is 10.3. The van der Waals surface area contributed by atoms with Gasteiger partial charge in [0.1, 0.15) is 5.82 Å². The van der Waals surface area contributed by atoms with Crippen molar-refractivity contribution in [2.45, 2.75) is 13.8 Å².